The molecule has 64 heavy (non-hydrogen) atoms. The van der Waals surface area contributed by atoms with E-state index in [4.69, 9.17) is 14.4 Å². The van der Waals surface area contributed by atoms with E-state index in [0.717, 1.165) is 72.5 Å². The summed E-state index contributed by atoms with van der Waals surface area (Å²) in [5.41, 5.74) is 13.9. The highest BCUT2D eigenvalue weighted by molar-refractivity contribution is 6.24. The van der Waals surface area contributed by atoms with Gasteiger partial charge in [-0.1, -0.05) is 152 Å². The van der Waals surface area contributed by atoms with E-state index in [1.807, 2.05) is 24.3 Å². The van der Waals surface area contributed by atoms with E-state index in [0.29, 0.717) is 5.84 Å². The largest absolute Gasteiger partial charge is 0.456 e. The molecule has 0 aliphatic carbocycles. The number of amidine groups is 2. The molecule has 6 nitrogen and oxygen atoms in total. The Morgan fingerprint density at radius 2 is 0.891 bits per heavy atom. The average molecular weight is 822 g/mol. The molecular weight excluding hydrogens is 783 g/mol. The fraction of sp³-hybridized carbons (Fsp3) is 0.0345. The molecule has 9 aromatic carbocycles. The number of benzene rings is 9. The summed E-state index contributed by atoms with van der Waals surface area (Å²) in [5.74, 6) is 1.52. The zero-order valence-electron chi connectivity index (χ0n) is 34.9. The Balaban J connectivity index is 0.940. The summed E-state index contributed by atoms with van der Waals surface area (Å²) in [6.45, 7) is 0. The first-order chi connectivity index (χ1) is 31.7. The third-order valence-electron chi connectivity index (χ3n) is 13.0. The summed E-state index contributed by atoms with van der Waals surface area (Å²) in [5, 5.41) is 7.07. The van der Waals surface area contributed by atoms with Crippen molar-refractivity contribution in [3.05, 3.63) is 229 Å². The Bertz CT molecular complexity index is 3840. The Labute approximate surface area is 368 Å². The van der Waals surface area contributed by atoms with Crippen LogP contribution in [0.3, 0.4) is 0 Å². The first-order valence-corrected chi connectivity index (χ1v) is 21.7. The van der Waals surface area contributed by atoms with Crippen LogP contribution in [0.5, 0.6) is 0 Å². The minimum absolute atomic E-state index is 0.331. The number of para-hydroxylation sites is 3. The van der Waals surface area contributed by atoms with Crippen molar-refractivity contribution in [1.29, 1.82) is 0 Å². The van der Waals surface area contributed by atoms with E-state index in [1.54, 1.807) is 0 Å². The van der Waals surface area contributed by atoms with E-state index >= 15 is 0 Å². The maximum atomic E-state index is 6.58. The maximum Gasteiger partial charge on any atom is 0.159 e. The highest BCUT2D eigenvalue weighted by Gasteiger charge is 2.28. The molecule has 6 heteroatoms. The van der Waals surface area contributed by atoms with Crippen LogP contribution in [0.25, 0.3) is 88.1 Å². The van der Waals surface area contributed by atoms with Gasteiger partial charge < -0.3 is 18.5 Å². The Kier molecular flexibility index (Phi) is 8.09. The molecule has 0 saturated heterocycles. The first-order valence-electron chi connectivity index (χ1n) is 21.7. The molecule has 1 unspecified atom stereocenters. The van der Waals surface area contributed by atoms with Crippen LogP contribution in [0.1, 0.15) is 22.9 Å². The van der Waals surface area contributed by atoms with Gasteiger partial charge in [-0.2, -0.15) is 0 Å². The van der Waals surface area contributed by atoms with Gasteiger partial charge in [-0.3, -0.25) is 0 Å². The van der Waals surface area contributed by atoms with Gasteiger partial charge in [0.15, 0.2) is 5.84 Å². The van der Waals surface area contributed by atoms with Crippen LogP contribution in [0.15, 0.2) is 227 Å². The first kappa shape index (κ1) is 36.2. The van der Waals surface area contributed by atoms with Crippen molar-refractivity contribution in [3.63, 3.8) is 0 Å². The molecule has 0 amide bonds. The molecule has 13 rings (SSSR count). The van der Waals surface area contributed by atoms with Gasteiger partial charge >= 0.3 is 0 Å². The number of furan rings is 1. The lowest BCUT2D eigenvalue weighted by atomic mass is 10.0. The Hall–Kier alpha value is -8.48. The number of nitrogens with zero attached hydrogens (tertiary/aromatic N) is 5. The van der Waals surface area contributed by atoms with E-state index in [-0.39, 0.29) is 6.17 Å². The SMILES string of the molecule is CN1C(c2ccc3c(c2)oc2cc(-c4ccccc4)ccc23)=NC(c2ccccc2)=NC1c1ccc(-n2c3ccccc3c3ccc4c5ccccc5n(-c5ccccc5)c4c32)cc1. The lowest BCUT2D eigenvalue weighted by molar-refractivity contribution is 0.383. The van der Waals surface area contributed by atoms with Crippen LogP contribution in [0.4, 0.5) is 0 Å². The van der Waals surface area contributed by atoms with Crippen molar-refractivity contribution in [2.45, 2.75) is 6.17 Å². The lowest BCUT2D eigenvalue weighted by Crippen LogP contribution is -2.35. The predicted octanol–water partition coefficient (Wildman–Crippen LogP) is 14.3. The molecule has 0 N–H and O–H groups in total. The maximum absolute atomic E-state index is 6.58. The summed E-state index contributed by atoms with van der Waals surface area (Å²) >= 11 is 0. The van der Waals surface area contributed by atoms with Crippen LogP contribution in [0.2, 0.25) is 0 Å². The molecule has 1 aliphatic heterocycles. The molecule has 0 saturated carbocycles. The van der Waals surface area contributed by atoms with Crippen LogP contribution >= 0.6 is 0 Å². The zero-order chi connectivity index (χ0) is 42.3. The molecule has 3 aromatic heterocycles. The second kappa shape index (κ2) is 14.3. The van der Waals surface area contributed by atoms with Crippen molar-refractivity contribution in [1.82, 2.24) is 14.0 Å². The average Bonchev–Trinajstić information content (AvgIpc) is 4.02. The second-order valence-corrected chi connectivity index (χ2v) is 16.6. The number of fused-ring (bicyclic) bond motifs is 10. The number of rotatable bonds is 6. The summed E-state index contributed by atoms with van der Waals surface area (Å²) < 4.78 is 11.5. The summed E-state index contributed by atoms with van der Waals surface area (Å²) in [4.78, 5) is 12.8. The van der Waals surface area contributed by atoms with Gasteiger partial charge in [0.2, 0.25) is 0 Å². The van der Waals surface area contributed by atoms with Gasteiger partial charge in [-0.15, -0.1) is 0 Å². The Morgan fingerprint density at radius 1 is 0.406 bits per heavy atom. The number of hydrogen-bond donors (Lipinski definition) is 0. The van der Waals surface area contributed by atoms with Crippen LogP contribution in [-0.2, 0) is 0 Å². The summed E-state index contributed by atoms with van der Waals surface area (Å²) in [6, 6.07) is 75.4. The van der Waals surface area contributed by atoms with Crippen molar-refractivity contribution >= 4 is 77.2 Å². The monoisotopic (exact) mass is 821 g/mol. The third kappa shape index (κ3) is 5.59. The van der Waals surface area contributed by atoms with Crippen molar-refractivity contribution < 1.29 is 4.42 Å². The molecule has 0 bridgehead atoms. The normalized spacial score (nSPS) is 14.3. The molecule has 0 fully saturated rings. The molecule has 0 radical (unpaired) electrons. The summed E-state index contributed by atoms with van der Waals surface area (Å²) in [6.07, 6.45) is -0.331. The molecular formula is C58H39N5O. The van der Waals surface area contributed by atoms with Gasteiger partial charge in [-0.05, 0) is 77.4 Å². The molecule has 1 aliphatic rings. The van der Waals surface area contributed by atoms with Crippen LogP contribution in [0, 0.1) is 0 Å². The highest BCUT2D eigenvalue weighted by atomic mass is 16.3. The number of aromatic nitrogens is 2. The van der Waals surface area contributed by atoms with Crippen LogP contribution < -0.4 is 0 Å². The topological polar surface area (TPSA) is 51.0 Å². The van der Waals surface area contributed by atoms with Gasteiger partial charge in [0.05, 0.1) is 22.1 Å². The minimum Gasteiger partial charge on any atom is -0.456 e. The molecule has 0 spiro atoms. The molecule has 4 heterocycles. The van der Waals surface area contributed by atoms with E-state index in [1.165, 1.54) is 38.1 Å². The predicted molar refractivity (Wildman–Crippen MR) is 264 cm³/mol. The van der Waals surface area contributed by atoms with Gasteiger partial charge in [0, 0.05) is 61.9 Å². The second-order valence-electron chi connectivity index (χ2n) is 16.6. The van der Waals surface area contributed by atoms with Crippen molar-refractivity contribution in [2.24, 2.45) is 9.98 Å². The molecule has 1 atom stereocenters. The smallest absolute Gasteiger partial charge is 0.159 e. The van der Waals surface area contributed by atoms with Gasteiger partial charge in [0.1, 0.15) is 23.2 Å². The molecule has 302 valence electrons. The van der Waals surface area contributed by atoms with Crippen LogP contribution in [-0.4, -0.2) is 32.8 Å². The zero-order valence-corrected chi connectivity index (χ0v) is 34.9. The molecule has 12 aromatic rings. The van der Waals surface area contributed by atoms with E-state index in [2.05, 4.69) is 209 Å². The standard InChI is InChI=1S/C58H39N5O/c1-61-57(59-56(38-17-7-3-8-18-38)60-58(61)41-28-32-47-46-31-27-40(37-15-5-2-6-16-37)35-52(46)64-53(47)36-41)39-25-29-43(30-26-39)63-51-24-14-12-22-45(51)49-34-33-48-44-21-11-13-23-50(44)62(54(48)55(49)63)42-19-9-4-10-20-42/h2-36,57H,1H3. The minimum atomic E-state index is -0.331. The fourth-order valence-electron chi connectivity index (χ4n) is 9.95. The number of aliphatic imine (C=N–C) groups is 2. The summed E-state index contributed by atoms with van der Waals surface area (Å²) in [7, 11) is 2.09. The van der Waals surface area contributed by atoms with Gasteiger partial charge in [0.25, 0.3) is 0 Å². The highest BCUT2D eigenvalue weighted by Crippen LogP contribution is 2.42. The van der Waals surface area contributed by atoms with Gasteiger partial charge in [-0.25, -0.2) is 9.98 Å². The number of hydrogen-bond acceptors (Lipinski definition) is 4. The quantitative estimate of drug-likeness (QED) is 0.168. The van der Waals surface area contributed by atoms with Crippen molar-refractivity contribution in [2.75, 3.05) is 7.05 Å². The lowest BCUT2D eigenvalue weighted by Gasteiger charge is -2.32. The fourth-order valence-corrected chi connectivity index (χ4v) is 9.95. The van der Waals surface area contributed by atoms with E-state index < -0.39 is 0 Å². The third-order valence-corrected chi connectivity index (χ3v) is 13.0. The Morgan fingerprint density at radius 3 is 1.50 bits per heavy atom. The van der Waals surface area contributed by atoms with Crippen molar-refractivity contribution in [3.8, 4) is 22.5 Å². The van der Waals surface area contributed by atoms with E-state index in [9.17, 15) is 0 Å².